The number of rotatable bonds is 5. The molecule has 2 aromatic heterocycles. The summed E-state index contributed by atoms with van der Waals surface area (Å²) in [7, 11) is 0. The van der Waals surface area contributed by atoms with Gasteiger partial charge < -0.3 is 18.8 Å². The Hall–Kier alpha value is -2.66. The molecule has 2 aliphatic heterocycles. The average Bonchev–Trinajstić information content (AvgIpc) is 3.38. The second-order valence-electron chi connectivity index (χ2n) is 8.26. The Kier molecular flexibility index (Phi) is 7.21. The van der Waals surface area contributed by atoms with Crippen LogP contribution in [-0.4, -0.2) is 43.4 Å². The van der Waals surface area contributed by atoms with Crippen LogP contribution in [0.5, 0.6) is 0 Å². The van der Waals surface area contributed by atoms with Gasteiger partial charge in [0.2, 0.25) is 5.88 Å². The van der Waals surface area contributed by atoms with Gasteiger partial charge in [-0.05, 0) is 47.5 Å². The zero-order valence-corrected chi connectivity index (χ0v) is 22.8. The molecule has 8 nitrogen and oxygen atoms in total. The fourth-order valence-corrected chi connectivity index (χ4v) is 6.02. The van der Waals surface area contributed by atoms with Crippen molar-refractivity contribution in [3.63, 3.8) is 0 Å². The molecule has 0 spiro atoms. The number of hydrogen-bond donors (Lipinski definition) is 0. The van der Waals surface area contributed by atoms with Crippen LogP contribution in [0.3, 0.4) is 0 Å². The topological polar surface area (TPSA) is 86.3 Å². The lowest BCUT2D eigenvalue weighted by Crippen LogP contribution is -2.39. The predicted octanol–water partition coefficient (Wildman–Crippen LogP) is 3.64. The molecule has 4 heterocycles. The van der Waals surface area contributed by atoms with Gasteiger partial charge in [0.25, 0.3) is 5.56 Å². The van der Waals surface area contributed by atoms with Gasteiger partial charge in [0.05, 0.1) is 46.1 Å². The van der Waals surface area contributed by atoms with Crippen LogP contribution in [0, 0.1) is 0 Å². The second-order valence-corrected chi connectivity index (χ2v) is 10.6. The molecule has 0 aliphatic carbocycles. The number of carbonyl (C=O) groups is 1. The fraction of sp³-hybridized carbons (Fsp3) is 0.320. The maximum Gasteiger partial charge on any atom is 0.338 e. The van der Waals surface area contributed by atoms with Crippen molar-refractivity contribution in [1.82, 2.24) is 4.57 Å². The molecule has 0 saturated carbocycles. The number of nitrogens with zero attached hydrogens (tertiary/aromatic N) is 3. The number of esters is 1. The fourth-order valence-electron chi connectivity index (χ4n) is 4.31. The summed E-state index contributed by atoms with van der Waals surface area (Å²) in [5, 5.41) is 0.559. The van der Waals surface area contributed by atoms with Gasteiger partial charge >= 0.3 is 5.97 Å². The molecule has 36 heavy (non-hydrogen) atoms. The third kappa shape index (κ3) is 4.70. The number of benzene rings is 1. The van der Waals surface area contributed by atoms with Crippen molar-refractivity contribution in [2.75, 3.05) is 37.8 Å². The smallest absolute Gasteiger partial charge is 0.338 e. The SMILES string of the molecule is CCOC(=O)C1=C(C)N=c2s/c(=C/c3cc(Br)c(N4CCOCC4)o3)c(=O)n2C1c1ccc(Cl)cc1. The van der Waals surface area contributed by atoms with Crippen molar-refractivity contribution in [1.29, 1.82) is 0 Å². The van der Waals surface area contributed by atoms with Crippen molar-refractivity contribution >= 4 is 56.8 Å². The van der Waals surface area contributed by atoms with Gasteiger partial charge in [0, 0.05) is 30.3 Å². The first-order valence-corrected chi connectivity index (χ1v) is 13.4. The predicted molar refractivity (Wildman–Crippen MR) is 141 cm³/mol. The largest absolute Gasteiger partial charge is 0.463 e. The average molecular weight is 593 g/mol. The van der Waals surface area contributed by atoms with Gasteiger partial charge in [-0.1, -0.05) is 35.1 Å². The number of halogens is 2. The highest BCUT2D eigenvalue weighted by Gasteiger charge is 2.33. The van der Waals surface area contributed by atoms with E-state index in [1.165, 1.54) is 11.3 Å². The van der Waals surface area contributed by atoms with E-state index < -0.39 is 12.0 Å². The quantitative estimate of drug-likeness (QED) is 0.421. The first-order valence-electron chi connectivity index (χ1n) is 11.4. The number of allylic oxidation sites excluding steroid dienone is 1. The summed E-state index contributed by atoms with van der Waals surface area (Å²) in [6.45, 7) is 6.43. The molecule has 1 fully saturated rings. The summed E-state index contributed by atoms with van der Waals surface area (Å²) in [6.07, 6.45) is 1.71. The Labute approximate surface area is 224 Å². The maximum atomic E-state index is 13.7. The molecule has 3 aromatic rings. The first kappa shape index (κ1) is 25.0. The number of morpholine rings is 1. The molecule has 1 unspecified atom stereocenters. The Morgan fingerprint density at radius 1 is 1.31 bits per heavy atom. The number of anilines is 1. The minimum absolute atomic E-state index is 0.215. The summed E-state index contributed by atoms with van der Waals surface area (Å²) < 4.78 is 19.6. The highest BCUT2D eigenvalue weighted by molar-refractivity contribution is 9.10. The van der Waals surface area contributed by atoms with Crippen LogP contribution in [0.2, 0.25) is 5.02 Å². The van der Waals surface area contributed by atoms with Gasteiger partial charge in [0.15, 0.2) is 4.80 Å². The van der Waals surface area contributed by atoms with Crippen LogP contribution >= 0.6 is 38.9 Å². The number of hydrogen-bond acceptors (Lipinski definition) is 8. The lowest BCUT2D eigenvalue weighted by Gasteiger charge is -2.26. The van der Waals surface area contributed by atoms with E-state index >= 15 is 0 Å². The van der Waals surface area contributed by atoms with Crippen LogP contribution in [0.4, 0.5) is 5.88 Å². The normalized spacial score (nSPS) is 18.3. The maximum absolute atomic E-state index is 13.7. The monoisotopic (exact) mass is 591 g/mol. The van der Waals surface area contributed by atoms with Crippen molar-refractivity contribution < 1.29 is 18.7 Å². The van der Waals surface area contributed by atoms with Crippen molar-refractivity contribution in [2.24, 2.45) is 4.99 Å². The van der Waals surface area contributed by atoms with E-state index in [1.807, 2.05) is 6.07 Å². The van der Waals surface area contributed by atoms with E-state index in [0.717, 1.165) is 23.1 Å². The number of thiazole rings is 1. The molecule has 0 bridgehead atoms. The summed E-state index contributed by atoms with van der Waals surface area (Å²) in [5.74, 6) is 0.743. The summed E-state index contributed by atoms with van der Waals surface area (Å²) in [4.78, 5) is 33.8. The van der Waals surface area contributed by atoms with Crippen LogP contribution in [0.25, 0.3) is 6.08 Å². The third-order valence-electron chi connectivity index (χ3n) is 5.96. The lowest BCUT2D eigenvalue weighted by atomic mass is 9.96. The molecule has 1 atom stereocenters. The van der Waals surface area contributed by atoms with Crippen LogP contribution in [0.15, 0.2) is 60.3 Å². The molecule has 0 radical (unpaired) electrons. The van der Waals surface area contributed by atoms with E-state index in [0.29, 0.717) is 50.5 Å². The zero-order valence-electron chi connectivity index (χ0n) is 19.6. The number of furan rings is 1. The minimum atomic E-state index is -0.688. The third-order valence-corrected chi connectivity index (χ3v) is 7.77. The second kappa shape index (κ2) is 10.4. The summed E-state index contributed by atoms with van der Waals surface area (Å²) >= 11 is 10.9. The standard InChI is InChI=1S/C25H23BrClN3O5S/c1-3-34-24(32)20-14(2)28-25-30(21(20)15-4-6-16(27)7-5-15)22(31)19(36-25)13-17-12-18(26)23(35-17)29-8-10-33-11-9-29/h4-7,12-13,21H,3,8-11H2,1-2H3/b19-13+. The molecule has 1 saturated heterocycles. The molecular formula is C25H23BrClN3O5S. The molecule has 11 heteroatoms. The Morgan fingerprint density at radius 3 is 2.72 bits per heavy atom. The van der Waals surface area contributed by atoms with Gasteiger partial charge in [-0.25, -0.2) is 9.79 Å². The molecular weight excluding hydrogens is 570 g/mol. The molecule has 0 N–H and O–H groups in total. The minimum Gasteiger partial charge on any atom is -0.463 e. The molecule has 0 amide bonds. The van der Waals surface area contributed by atoms with Gasteiger partial charge in [0.1, 0.15) is 5.76 Å². The van der Waals surface area contributed by atoms with Gasteiger partial charge in [-0.15, -0.1) is 0 Å². The highest BCUT2D eigenvalue weighted by atomic mass is 79.9. The van der Waals surface area contributed by atoms with E-state index in [2.05, 4.69) is 25.8 Å². The highest BCUT2D eigenvalue weighted by Crippen LogP contribution is 2.32. The van der Waals surface area contributed by atoms with E-state index in [4.69, 9.17) is 25.5 Å². The summed E-state index contributed by atoms with van der Waals surface area (Å²) in [5.41, 5.74) is 1.30. The molecule has 5 rings (SSSR count). The Balaban J connectivity index is 1.62. The lowest BCUT2D eigenvalue weighted by molar-refractivity contribution is -0.139. The number of ether oxygens (including phenoxy) is 2. The molecule has 2 aliphatic rings. The van der Waals surface area contributed by atoms with E-state index in [9.17, 15) is 9.59 Å². The Morgan fingerprint density at radius 2 is 2.03 bits per heavy atom. The zero-order chi connectivity index (χ0) is 25.4. The van der Waals surface area contributed by atoms with Gasteiger partial charge in [-0.3, -0.25) is 9.36 Å². The van der Waals surface area contributed by atoms with Crippen LogP contribution < -0.4 is 19.8 Å². The summed E-state index contributed by atoms with van der Waals surface area (Å²) in [6, 6.07) is 8.24. The molecule has 1 aromatic carbocycles. The van der Waals surface area contributed by atoms with Crippen LogP contribution in [0.1, 0.15) is 31.2 Å². The number of carbonyl (C=O) groups excluding carboxylic acids is 1. The van der Waals surface area contributed by atoms with Crippen molar-refractivity contribution in [3.8, 4) is 0 Å². The number of fused-ring (bicyclic) bond motifs is 1. The molecule has 188 valence electrons. The Bertz CT molecular complexity index is 1520. The van der Waals surface area contributed by atoms with Gasteiger partial charge in [-0.2, -0.15) is 0 Å². The van der Waals surface area contributed by atoms with Crippen molar-refractivity contribution in [3.05, 3.63) is 82.1 Å². The van der Waals surface area contributed by atoms with E-state index in [-0.39, 0.29) is 12.2 Å². The number of aromatic nitrogens is 1. The van der Waals surface area contributed by atoms with E-state index in [1.54, 1.807) is 48.8 Å². The van der Waals surface area contributed by atoms with Crippen molar-refractivity contribution in [2.45, 2.75) is 19.9 Å². The first-order chi connectivity index (χ1) is 17.4. The van der Waals surface area contributed by atoms with Crippen LogP contribution in [-0.2, 0) is 14.3 Å².